The quantitative estimate of drug-likeness (QED) is 0.330. The maximum Gasteiger partial charge on any atom is 0.336 e. The number of benzene rings is 2. The van der Waals surface area contributed by atoms with Gasteiger partial charge in [0.15, 0.2) is 0 Å². The van der Waals surface area contributed by atoms with Gasteiger partial charge < -0.3 is 9.15 Å². The number of rotatable bonds is 6. The highest BCUT2D eigenvalue weighted by atomic mass is 16.5. The summed E-state index contributed by atoms with van der Waals surface area (Å²) in [6, 6.07) is 16.6. The Kier molecular flexibility index (Phi) is 5.76. The number of ether oxygens (including phenoxy) is 1. The molecule has 0 atom stereocenters. The number of nitrogens with zero attached hydrogens (tertiary/aromatic N) is 3. The number of fused-ring (bicyclic) bond motifs is 2. The Morgan fingerprint density at radius 2 is 1.74 bits per heavy atom. The van der Waals surface area contributed by atoms with Crippen LogP contribution in [-0.2, 0) is 13.0 Å². The molecule has 3 heterocycles. The first-order valence-corrected chi connectivity index (χ1v) is 11.8. The van der Waals surface area contributed by atoms with Crippen molar-refractivity contribution in [2.24, 2.45) is 0 Å². The summed E-state index contributed by atoms with van der Waals surface area (Å²) in [4.78, 5) is 25.7. The summed E-state index contributed by atoms with van der Waals surface area (Å²) in [5.41, 5.74) is 4.99. The molecule has 0 saturated carbocycles. The Balaban J connectivity index is 1.76. The van der Waals surface area contributed by atoms with Crippen LogP contribution in [0.4, 0.5) is 0 Å². The van der Waals surface area contributed by atoms with E-state index in [1.54, 1.807) is 22.8 Å². The van der Waals surface area contributed by atoms with E-state index >= 15 is 0 Å². The third-order valence-electron chi connectivity index (χ3n) is 6.32. The summed E-state index contributed by atoms with van der Waals surface area (Å²) in [6.07, 6.45) is 0.941. The summed E-state index contributed by atoms with van der Waals surface area (Å²) < 4.78 is 14.6. The zero-order valence-corrected chi connectivity index (χ0v) is 20.3. The van der Waals surface area contributed by atoms with Crippen LogP contribution < -0.4 is 15.9 Å². The smallest absolute Gasteiger partial charge is 0.336 e. The molecule has 0 aliphatic carbocycles. The standard InChI is InChI=1S/C28H27N3O4/c1-5-19-7-9-21(10-8-19)31-28-27(18(4)29-31)17(3)13-25(32)30(28)16-20-14-26(33)35-24-12-11-22(34-6-2)15-23(20)24/h7-15H,5-6,16H2,1-4H3. The van der Waals surface area contributed by atoms with Crippen LogP contribution in [0.25, 0.3) is 27.7 Å². The third kappa shape index (κ3) is 4.03. The van der Waals surface area contributed by atoms with Gasteiger partial charge >= 0.3 is 5.63 Å². The van der Waals surface area contributed by atoms with Crippen LogP contribution >= 0.6 is 0 Å². The van der Waals surface area contributed by atoms with E-state index in [2.05, 4.69) is 19.1 Å². The van der Waals surface area contributed by atoms with Crippen molar-refractivity contribution >= 4 is 22.0 Å². The second kappa shape index (κ2) is 8.91. The number of hydrogen-bond donors (Lipinski definition) is 0. The fourth-order valence-corrected chi connectivity index (χ4v) is 4.64. The Hall–Kier alpha value is -4.13. The monoisotopic (exact) mass is 469 g/mol. The van der Waals surface area contributed by atoms with Crippen LogP contribution in [-0.4, -0.2) is 21.0 Å². The van der Waals surface area contributed by atoms with Crippen LogP contribution in [0.3, 0.4) is 0 Å². The molecule has 2 aromatic carbocycles. The van der Waals surface area contributed by atoms with Gasteiger partial charge in [0.2, 0.25) is 0 Å². The number of pyridine rings is 1. The molecule has 0 aliphatic rings. The second-order valence-electron chi connectivity index (χ2n) is 8.65. The van der Waals surface area contributed by atoms with Crippen molar-refractivity contribution < 1.29 is 9.15 Å². The van der Waals surface area contributed by atoms with E-state index in [1.165, 1.54) is 11.6 Å². The van der Waals surface area contributed by atoms with Crippen LogP contribution in [0.1, 0.15) is 36.2 Å². The van der Waals surface area contributed by atoms with Gasteiger partial charge in [0.25, 0.3) is 5.56 Å². The van der Waals surface area contributed by atoms with Crippen molar-refractivity contribution in [3.05, 3.63) is 97.8 Å². The Bertz CT molecular complexity index is 1670. The molecule has 0 fully saturated rings. The first-order chi connectivity index (χ1) is 16.9. The normalized spacial score (nSPS) is 11.4. The Morgan fingerprint density at radius 1 is 0.971 bits per heavy atom. The molecular formula is C28H27N3O4. The third-order valence-corrected chi connectivity index (χ3v) is 6.32. The molecule has 0 saturated heterocycles. The summed E-state index contributed by atoms with van der Waals surface area (Å²) in [6.45, 7) is 8.60. The lowest BCUT2D eigenvalue weighted by atomic mass is 10.1. The molecule has 3 aromatic heterocycles. The van der Waals surface area contributed by atoms with Gasteiger partial charge in [-0.05, 0) is 74.2 Å². The fourth-order valence-electron chi connectivity index (χ4n) is 4.64. The lowest BCUT2D eigenvalue weighted by Crippen LogP contribution is -2.23. The van der Waals surface area contributed by atoms with E-state index in [0.717, 1.165) is 34.1 Å². The van der Waals surface area contributed by atoms with Crippen LogP contribution in [0.5, 0.6) is 5.75 Å². The summed E-state index contributed by atoms with van der Waals surface area (Å²) in [5, 5.41) is 6.45. The highest BCUT2D eigenvalue weighted by Crippen LogP contribution is 2.27. The molecule has 5 rings (SSSR count). The topological polar surface area (TPSA) is 79.3 Å². The summed E-state index contributed by atoms with van der Waals surface area (Å²) >= 11 is 0. The zero-order chi connectivity index (χ0) is 24.7. The van der Waals surface area contributed by atoms with E-state index < -0.39 is 5.63 Å². The highest BCUT2D eigenvalue weighted by molar-refractivity contribution is 5.85. The molecule has 0 N–H and O–H groups in total. The maximum atomic E-state index is 13.3. The molecule has 0 bridgehead atoms. The van der Waals surface area contributed by atoms with Gasteiger partial charge in [-0.1, -0.05) is 19.1 Å². The minimum Gasteiger partial charge on any atom is -0.494 e. The van der Waals surface area contributed by atoms with Crippen LogP contribution in [0.15, 0.2) is 68.6 Å². The SMILES string of the molecule is CCOc1ccc2oc(=O)cc(Cn3c(=O)cc(C)c4c(C)nn(-c5ccc(CC)cc5)c43)c2c1. The first kappa shape index (κ1) is 22.7. The first-order valence-electron chi connectivity index (χ1n) is 11.8. The maximum absolute atomic E-state index is 13.3. The summed E-state index contributed by atoms with van der Waals surface area (Å²) in [7, 11) is 0. The molecule has 0 amide bonds. The van der Waals surface area contributed by atoms with Crippen molar-refractivity contribution in [2.75, 3.05) is 6.61 Å². The predicted octanol–water partition coefficient (Wildman–Crippen LogP) is 4.92. The lowest BCUT2D eigenvalue weighted by Gasteiger charge is -2.14. The molecular weight excluding hydrogens is 442 g/mol. The van der Waals surface area contributed by atoms with Gasteiger partial charge in [0.05, 0.1) is 24.5 Å². The lowest BCUT2D eigenvalue weighted by molar-refractivity contribution is 0.340. The van der Waals surface area contributed by atoms with Crippen molar-refractivity contribution in [2.45, 2.75) is 40.7 Å². The van der Waals surface area contributed by atoms with Crippen molar-refractivity contribution in [3.8, 4) is 11.4 Å². The van der Waals surface area contributed by atoms with Crippen LogP contribution in [0, 0.1) is 13.8 Å². The Labute approximate surface area is 202 Å². The van der Waals surface area contributed by atoms with E-state index in [0.29, 0.717) is 29.2 Å². The van der Waals surface area contributed by atoms with Gasteiger partial charge in [-0.2, -0.15) is 5.10 Å². The molecule has 35 heavy (non-hydrogen) atoms. The molecule has 0 spiro atoms. The summed E-state index contributed by atoms with van der Waals surface area (Å²) in [5.74, 6) is 0.674. The van der Waals surface area contributed by atoms with E-state index in [1.807, 2.05) is 43.7 Å². The number of hydrogen-bond acceptors (Lipinski definition) is 5. The number of aromatic nitrogens is 3. The van der Waals surface area contributed by atoms with Gasteiger partial charge in [0, 0.05) is 22.9 Å². The molecule has 5 aromatic rings. The van der Waals surface area contributed by atoms with E-state index in [9.17, 15) is 9.59 Å². The fraction of sp³-hybridized carbons (Fsp3) is 0.250. The largest absolute Gasteiger partial charge is 0.494 e. The number of aryl methyl sites for hydroxylation is 3. The van der Waals surface area contributed by atoms with Crippen LogP contribution in [0.2, 0.25) is 0 Å². The minimum absolute atomic E-state index is 0.163. The van der Waals surface area contributed by atoms with Crippen molar-refractivity contribution in [1.29, 1.82) is 0 Å². The highest BCUT2D eigenvalue weighted by Gasteiger charge is 2.19. The average molecular weight is 470 g/mol. The van der Waals surface area contributed by atoms with Gasteiger partial charge in [-0.3, -0.25) is 9.36 Å². The molecule has 178 valence electrons. The van der Waals surface area contributed by atoms with Gasteiger partial charge in [-0.25, -0.2) is 9.48 Å². The second-order valence-corrected chi connectivity index (χ2v) is 8.65. The Morgan fingerprint density at radius 3 is 2.46 bits per heavy atom. The van der Waals surface area contributed by atoms with Crippen molar-refractivity contribution in [3.63, 3.8) is 0 Å². The zero-order valence-electron chi connectivity index (χ0n) is 20.3. The minimum atomic E-state index is -0.465. The predicted molar refractivity (Wildman–Crippen MR) is 137 cm³/mol. The van der Waals surface area contributed by atoms with E-state index in [4.69, 9.17) is 14.3 Å². The van der Waals surface area contributed by atoms with Gasteiger partial charge in [-0.15, -0.1) is 0 Å². The van der Waals surface area contributed by atoms with E-state index in [-0.39, 0.29) is 12.1 Å². The molecule has 7 heteroatoms. The van der Waals surface area contributed by atoms with Gasteiger partial charge in [0.1, 0.15) is 17.0 Å². The molecule has 7 nitrogen and oxygen atoms in total. The molecule has 0 radical (unpaired) electrons. The molecule has 0 aliphatic heterocycles. The molecule has 0 unspecified atom stereocenters. The van der Waals surface area contributed by atoms with Crippen molar-refractivity contribution in [1.82, 2.24) is 14.3 Å². The average Bonchev–Trinajstić information content (AvgIpc) is 3.19.